The van der Waals surface area contributed by atoms with Gasteiger partial charge in [0.25, 0.3) is 5.91 Å². The van der Waals surface area contributed by atoms with Crippen molar-refractivity contribution in [1.82, 2.24) is 4.90 Å². The van der Waals surface area contributed by atoms with Gasteiger partial charge in [-0.3, -0.25) is 4.79 Å². The molecule has 0 N–H and O–H groups in total. The maximum atomic E-state index is 12.7. The summed E-state index contributed by atoms with van der Waals surface area (Å²) in [4.78, 5) is 14.4. The van der Waals surface area contributed by atoms with Crippen LogP contribution in [-0.2, 0) is 0 Å². The molecule has 0 saturated carbocycles. The molecule has 2 rings (SSSR count). The van der Waals surface area contributed by atoms with Crippen molar-refractivity contribution in [2.45, 2.75) is 13.0 Å². The predicted molar refractivity (Wildman–Crippen MR) is 98.8 cm³/mol. The summed E-state index contributed by atoms with van der Waals surface area (Å²) >= 11 is 11.5. The number of hydrogen-bond acceptors (Lipinski definition) is 1. The zero-order valence-corrected chi connectivity index (χ0v) is 16.1. The second kappa shape index (κ2) is 7.11. The van der Waals surface area contributed by atoms with Crippen molar-refractivity contribution in [3.05, 3.63) is 66.7 Å². The first-order valence-corrected chi connectivity index (χ1v) is 8.63. The molecule has 0 aliphatic rings. The van der Waals surface area contributed by atoms with Crippen LogP contribution in [0.1, 0.15) is 28.9 Å². The van der Waals surface area contributed by atoms with E-state index in [1.54, 1.807) is 4.90 Å². The molecule has 0 bridgehead atoms. The fraction of sp³-hybridized carbons (Fsp3) is 0.188. The van der Waals surface area contributed by atoms with E-state index in [2.05, 4.69) is 38.5 Å². The van der Waals surface area contributed by atoms with Crippen LogP contribution in [0.4, 0.5) is 0 Å². The minimum absolute atomic E-state index is 0.00292. The number of halogens is 3. The van der Waals surface area contributed by atoms with Crippen molar-refractivity contribution in [3.8, 4) is 0 Å². The molecule has 0 aliphatic carbocycles. The fourth-order valence-corrected chi connectivity index (χ4v) is 3.05. The Morgan fingerprint density at radius 1 is 1.24 bits per heavy atom. The highest BCUT2D eigenvalue weighted by atomic mass is 127. The van der Waals surface area contributed by atoms with Gasteiger partial charge < -0.3 is 4.90 Å². The van der Waals surface area contributed by atoms with E-state index in [1.807, 2.05) is 56.4 Å². The van der Waals surface area contributed by atoms with Crippen LogP contribution in [0.5, 0.6) is 0 Å². The van der Waals surface area contributed by atoms with Gasteiger partial charge in [0.1, 0.15) is 0 Å². The van der Waals surface area contributed by atoms with Crippen molar-refractivity contribution in [2.24, 2.45) is 0 Å². The van der Waals surface area contributed by atoms with E-state index in [-0.39, 0.29) is 11.9 Å². The van der Waals surface area contributed by atoms with E-state index in [0.717, 1.165) is 13.6 Å². The van der Waals surface area contributed by atoms with E-state index in [1.165, 1.54) is 0 Å². The summed E-state index contributed by atoms with van der Waals surface area (Å²) in [6, 6.07) is 13.3. The summed E-state index contributed by atoms with van der Waals surface area (Å²) in [7, 11) is 1.82. The largest absolute Gasteiger partial charge is 0.335 e. The van der Waals surface area contributed by atoms with Crippen LogP contribution in [0.25, 0.3) is 0 Å². The lowest BCUT2D eigenvalue weighted by Gasteiger charge is -2.26. The van der Waals surface area contributed by atoms with Crippen LogP contribution >= 0.6 is 50.1 Å². The van der Waals surface area contributed by atoms with Crippen molar-refractivity contribution < 1.29 is 4.79 Å². The van der Waals surface area contributed by atoms with Gasteiger partial charge >= 0.3 is 0 Å². The summed E-state index contributed by atoms with van der Waals surface area (Å²) in [5.74, 6) is 0.00292. The average Bonchev–Trinajstić information content (AvgIpc) is 2.48. The third-order valence-corrected chi connectivity index (χ3v) is 5.10. The predicted octanol–water partition coefficient (Wildman–Crippen LogP) is 5.54. The molecule has 0 fully saturated rings. The molecule has 2 nitrogen and oxygen atoms in total. The molecule has 2 aromatic rings. The Labute approximate surface area is 151 Å². The van der Waals surface area contributed by atoms with Gasteiger partial charge in [-0.1, -0.05) is 39.7 Å². The standard InChI is InChI=1S/C16H14BrClINO/c1-10(11-3-6-13(18)7-4-11)20(2)16(21)14-9-12(17)5-8-15(14)19/h3-10H,1-2H3. The third kappa shape index (κ3) is 3.99. The average molecular weight is 479 g/mol. The molecule has 21 heavy (non-hydrogen) atoms. The summed E-state index contributed by atoms with van der Waals surface area (Å²) in [6.45, 7) is 2.01. The molecule has 0 spiro atoms. The third-order valence-electron chi connectivity index (χ3n) is 3.41. The fourth-order valence-electron chi connectivity index (χ4n) is 1.99. The Balaban J connectivity index is 2.26. The Morgan fingerprint density at radius 3 is 2.48 bits per heavy atom. The minimum atomic E-state index is -0.0236. The summed E-state index contributed by atoms with van der Waals surface area (Å²) in [6.07, 6.45) is 0. The number of rotatable bonds is 3. The molecule has 0 saturated heterocycles. The normalized spacial score (nSPS) is 12.0. The molecule has 5 heteroatoms. The Morgan fingerprint density at radius 2 is 1.86 bits per heavy atom. The van der Waals surface area contributed by atoms with Gasteiger partial charge in [0, 0.05) is 20.1 Å². The van der Waals surface area contributed by atoms with Crippen LogP contribution in [-0.4, -0.2) is 17.9 Å². The van der Waals surface area contributed by atoms with E-state index >= 15 is 0 Å². The van der Waals surface area contributed by atoms with Gasteiger partial charge in [0.15, 0.2) is 0 Å². The Kier molecular flexibility index (Phi) is 5.68. The van der Waals surface area contributed by atoms with Crippen LogP contribution < -0.4 is 0 Å². The molecule has 2 aromatic carbocycles. The molecule has 0 aliphatic heterocycles. The molecular formula is C16H14BrClINO. The lowest BCUT2D eigenvalue weighted by atomic mass is 10.1. The van der Waals surface area contributed by atoms with E-state index < -0.39 is 0 Å². The van der Waals surface area contributed by atoms with Crippen molar-refractivity contribution in [1.29, 1.82) is 0 Å². The highest BCUT2D eigenvalue weighted by molar-refractivity contribution is 14.1. The van der Waals surface area contributed by atoms with Gasteiger partial charge in [-0.2, -0.15) is 0 Å². The second-order valence-electron chi connectivity index (χ2n) is 4.77. The summed E-state index contributed by atoms with van der Waals surface area (Å²) < 4.78 is 1.84. The van der Waals surface area contributed by atoms with Gasteiger partial charge in [-0.15, -0.1) is 0 Å². The molecule has 0 radical (unpaired) electrons. The van der Waals surface area contributed by atoms with Gasteiger partial charge in [0.05, 0.1) is 11.6 Å². The van der Waals surface area contributed by atoms with E-state index in [9.17, 15) is 4.79 Å². The first-order chi connectivity index (χ1) is 9.90. The molecule has 110 valence electrons. The zero-order valence-electron chi connectivity index (χ0n) is 11.6. The zero-order chi connectivity index (χ0) is 15.6. The number of hydrogen-bond donors (Lipinski definition) is 0. The highest BCUT2D eigenvalue weighted by Crippen LogP contribution is 2.25. The second-order valence-corrected chi connectivity index (χ2v) is 7.28. The van der Waals surface area contributed by atoms with Crippen LogP contribution in [0, 0.1) is 3.57 Å². The lowest BCUT2D eigenvalue weighted by Crippen LogP contribution is -2.30. The summed E-state index contributed by atoms with van der Waals surface area (Å²) in [5, 5.41) is 0.696. The van der Waals surface area contributed by atoms with E-state index in [0.29, 0.717) is 10.6 Å². The number of carbonyl (C=O) groups excluding carboxylic acids is 1. The van der Waals surface area contributed by atoms with Gasteiger partial charge in [-0.05, 0) is 65.4 Å². The Bertz CT molecular complexity index is 660. The van der Waals surface area contributed by atoms with Crippen molar-refractivity contribution >= 4 is 56.0 Å². The molecular weight excluding hydrogens is 464 g/mol. The Hall–Kier alpha value is -0.590. The van der Waals surface area contributed by atoms with Gasteiger partial charge in [-0.25, -0.2) is 0 Å². The summed E-state index contributed by atoms with van der Waals surface area (Å²) in [5.41, 5.74) is 1.76. The van der Waals surface area contributed by atoms with Crippen LogP contribution in [0.2, 0.25) is 5.02 Å². The number of nitrogens with zero attached hydrogens (tertiary/aromatic N) is 1. The first kappa shape index (κ1) is 16.8. The SMILES string of the molecule is CC(c1ccc(Cl)cc1)N(C)C(=O)c1cc(Br)ccc1I. The molecule has 0 heterocycles. The lowest BCUT2D eigenvalue weighted by molar-refractivity contribution is 0.0741. The molecule has 0 aromatic heterocycles. The number of benzene rings is 2. The first-order valence-electron chi connectivity index (χ1n) is 6.38. The van der Waals surface area contributed by atoms with Crippen LogP contribution in [0.3, 0.4) is 0 Å². The smallest absolute Gasteiger partial charge is 0.255 e. The maximum absolute atomic E-state index is 12.7. The van der Waals surface area contributed by atoms with Gasteiger partial charge in [0.2, 0.25) is 0 Å². The molecule has 1 amide bonds. The number of amides is 1. The van der Waals surface area contributed by atoms with Crippen LogP contribution in [0.15, 0.2) is 46.9 Å². The molecule has 1 atom stereocenters. The van der Waals surface area contributed by atoms with Crippen molar-refractivity contribution in [3.63, 3.8) is 0 Å². The highest BCUT2D eigenvalue weighted by Gasteiger charge is 2.20. The van der Waals surface area contributed by atoms with Crippen molar-refractivity contribution in [2.75, 3.05) is 7.05 Å². The quantitative estimate of drug-likeness (QED) is 0.531. The van der Waals surface area contributed by atoms with E-state index in [4.69, 9.17) is 11.6 Å². The topological polar surface area (TPSA) is 20.3 Å². The minimum Gasteiger partial charge on any atom is -0.335 e. The number of carbonyl (C=O) groups is 1. The molecule has 1 unspecified atom stereocenters. The maximum Gasteiger partial charge on any atom is 0.255 e. The monoisotopic (exact) mass is 477 g/mol.